The molecule has 0 saturated heterocycles. The van der Waals surface area contributed by atoms with Crippen molar-refractivity contribution >= 4 is 24.5 Å². The van der Waals surface area contributed by atoms with Gasteiger partial charge in [0.15, 0.2) is 0 Å². The second-order valence-corrected chi connectivity index (χ2v) is 5.03. The summed E-state index contributed by atoms with van der Waals surface area (Å²) in [4.78, 5) is 0. The molecule has 0 bridgehead atoms. The number of rotatable bonds is 2. The van der Waals surface area contributed by atoms with Crippen LogP contribution in [0.4, 0.5) is 5.69 Å². The fourth-order valence-corrected chi connectivity index (χ4v) is 1.80. The third kappa shape index (κ3) is 2.56. The van der Waals surface area contributed by atoms with Gasteiger partial charge in [-0.25, -0.2) is 0 Å². The normalized spacial score (nSPS) is 10.0. The molecule has 0 fully saturated rings. The SMILES string of the molecule is PN(P)c1ccc(-c2ccccc2)cc1. The lowest BCUT2D eigenvalue weighted by Crippen LogP contribution is -1.88. The highest BCUT2D eigenvalue weighted by atomic mass is 31.1. The van der Waals surface area contributed by atoms with Crippen LogP contribution in [0.2, 0.25) is 0 Å². The third-order valence-corrected chi connectivity index (χ3v) is 2.87. The van der Waals surface area contributed by atoms with Crippen LogP contribution in [0.25, 0.3) is 11.1 Å². The van der Waals surface area contributed by atoms with Crippen molar-refractivity contribution in [2.24, 2.45) is 0 Å². The third-order valence-electron chi connectivity index (χ3n) is 2.27. The minimum absolute atomic E-state index is 1.16. The number of hydrogen-bond acceptors (Lipinski definition) is 1. The van der Waals surface area contributed by atoms with Crippen LogP contribution in [0, 0.1) is 0 Å². The maximum absolute atomic E-state index is 2.61. The smallest absolute Gasteiger partial charge is 0.0423 e. The molecule has 15 heavy (non-hydrogen) atoms. The second-order valence-electron chi connectivity index (χ2n) is 3.32. The van der Waals surface area contributed by atoms with Gasteiger partial charge in [0.1, 0.15) is 0 Å². The monoisotopic (exact) mass is 233 g/mol. The van der Waals surface area contributed by atoms with Gasteiger partial charge in [0.2, 0.25) is 0 Å². The molecule has 0 aliphatic carbocycles. The molecule has 2 aromatic carbocycles. The summed E-state index contributed by atoms with van der Waals surface area (Å²) in [6.45, 7) is 0. The number of nitrogens with zero attached hydrogens (tertiary/aromatic N) is 1. The molecule has 0 aliphatic rings. The molecule has 1 nitrogen and oxygen atoms in total. The largest absolute Gasteiger partial charge is 0.341 e. The van der Waals surface area contributed by atoms with Crippen LogP contribution in [0.1, 0.15) is 0 Å². The van der Waals surface area contributed by atoms with Crippen LogP contribution in [-0.4, -0.2) is 0 Å². The van der Waals surface area contributed by atoms with E-state index in [1.54, 1.807) is 0 Å². The average molecular weight is 233 g/mol. The Hall–Kier alpha value is -0.900. The van der Waals surface area contributed by atoms with Crippen LogP contribution < -0.4 is 4.44 Å². The summed E-state index contributed by atoms with van der Waals surface area (Å²) in [7, 11) is 5.23. The van der Waals surface area contributed by atoms with Crippen LogP contribution in [-0.2, 0) is 0 Å². The first-order chi connectivity index (χ1) is 7.27. The lowest BCUT2D eigenvalue weighted by atomic mass is 10.1. The molecule has 3 heteroatoms. The van der Waals surface area contributed by atoms with Crippen molar-refractivity contribution < 1.29 is 0 Å². The quantitative estimate of drug-likeness (QED) is 0.714. The van der Waals surface area contributed by atoms with Gasteiger partial charge < -0.3 is 4.44 Å². The summed E-state index contributed by atoms with van der Waals surface area (Å²) in [6, 6.07) is 18.8. The highest BCUT2D eigenvalue weighted by molar-refractivity contribution is 7.39. The van der Waals surface area contributed by atoms with E-state index in [1.807, 2.05) is 10.5 Å². The van der Waals surface area contributed by atoms with Gasteiger partial charge in [0.05, 0.1) is 0 Å². The van der Waals surface area contributed by atoms with Crippen LogP contribution in [0.3, 0.4) is 0 Å². The van der Waals surface area contributed by atoms with Gasteiger partial charge in [-0.05, 0) is 42.0 Å². The van der Waals surface area contributed by atoms with Crippen molar-refractivity contribution in [2.75, 3.05) is 4.44 Å². The molecule has 0 aromatic heterocycles. The Kier molecular flexibility index (Phi) is 3.36. The van der Waals surface area contributed by atoms with Gasteiger partial charge in [-0.1, -0.05) is 42.5 Å². The van der Waals surface area contributed by atoms with Gasteiger partial charge in [0.25, 0.3) is 0 Å². The van der Waals surface area contributed by atoms with Crippen LogP contribution in [0.15, 0.2) is 54.6 Å². The standard InChI is InChI=1S/C12H13NP2/c14-13(15)12-8-6-11(7-9-12)10-4-2-1-3-5-10/h1-9H,14-15H2. The van der Waals surface area contributed by atoms with Crippen LogP contribution >= 0.6 is 18.8 Å². The lowest BCUT2D eigenvalue weighted by Gasteiger charge is -2.11. The first-order valence-electron chi connectivity index (χ1n) is 4.72. The topological polar surface area (TPSA) is 3.24 Å². The van der Waals surface area contributed by atoms with Gasteiger partial charge >= 0.3 is 0 Å². The maximum Gasteiger partial charge on any atom is 0.0423 e. The van der Waals surface area contributed by atoms with E-state index in [4.69, 9.17) is 0 Å². The Morgan fingerprint density at radius 3 is 1.73 bits per heavy atom. The van der Waals surface area contributed by atoms with E-state index in [0.717, 1.165) is 5.69 Å². The molecule has 2 unspecified atom stereocenters. The average Bonchev–Trinajstić information content (AvgIpc) is 2.30. The van der Waals surface area contributed by atoms with E-state index in [-0.39, 0.29) is 0 Å². The zero-order chi connectivity index (χ0) is 10.7. The molecule has 0 spiro atoms. The lowest BCUT2D eigenvalue weighted by molar-refractivity contribution is 1.58. The molecular formula is C12H13NP2. The van der Waals surface area contributed by atoms with Gasteiger partial charge in [0, 0.05) is 5.69 Å². The highest BCUT2D eigenvalue weighted by Gasteiger charge is 1.97. The first kappa shape index (κ1) is 10.6. The fraction of sp³-hybridized carbons (Fsp3) is 0. The Balaban J connectivity index is 2.32. The Labute approximate surface area is 95.0 Å². The molecule has 2 rings (SSSR count). The van der Waals surface area contributed by atoms with Gasteiger partial charge in [-0.2, -0.15) is 0 Å². The van der Waals surface area contributed by atoms with Crippen molar-refractivity contribution in [1.82, 2.24) is 0 Å². The summed E-state index contributed by atoms with van der Waals surface area (Å²) in [5, 5.41) is 0. The van der Waals surface area contributed by atoms with Crippen molar-refractivity contribution in [1.29, 1.82) is 0 Å². The van der Waals surface area contributed by atoms with E-state index < -0.39 is 0 Å². The highest BCUT2D eigenvalue weighted by Crippen LogP contribution is 2.26. The van der Waals surface area contributed by atoms with Crippen molar-refractivity contribution in [3.8, 4) is 11.1 Å². The maximum atomic E-state index is 2.61. The van der Waals surface area contributed by atoms with Crippen LogP contribution in [0.5, 0.6) is 0 Å². The number of anilines is 1. The Bertz CT molecular complexity index is 423. The molecular weight excluding hydrogens is 220 g/mol. The second kappa shape index (κ2) is 4.75. The fourth-order valence-electron chi connectivity index (χ4n) is 1.46. The van der Waals surface area contributed by atoms with Gasteiger partial charge in [-0.15, -0.1) is 0 Å². The zero-order valence-electron chi connectivity index (χ0n) is 8.30. The molecule has 0 amide bonds. The van der Waals surface area contributed by atoms with E-state index in [2.05, 4.69) is 67.3 Å². The summed E-state index contributed by atoms with van der Waals surface area (Å²) in [6.07, 6.45) is 0. The number of hydrogen-bond donors (Lipinski definition) is 0. The predicted molar refractivity (Wildman–Crippen MR) is 73.8 cm³/mol. The minimum Gasteiger partial charge on any atom is -0.341 e. The van der Waals surface area contributed by atoms with Crippen molar-refractivity contribution in [2.45, 2.75) is 0 Å². The van der Waals surface area contributed by atoms with Gasteiger partial charge in [-0.3, -0.25) is 0 Å². The summed E-state index contributed by atoms with van der Waals surface area (Å²) < 4.78 is 1.94. The molecule has 0 N–H and O–H groups in total. The molecule has 2 aromatic rings. The van der Waals surface area contributed by atoms with E-state index in [1.165, 1.54) is 11.1 Å². The summed E-state index contributed by atoms with van der Waals surface area (Å²) in [5.74, 6) is 0. The number of benzene rings is 2. The first-order valence-corrected chi connectivity index (χ1v) is 5.75. The van der Waals surface area contributed by atoms with E-state index in [0.29, 0.717) is 0 Å². The van der Waals surface area contributed by atoms with Crippen molar-refractivity contribution in [3.63, 3.8) is 0 Å². The predicted octanol–water partition coefficient (Wildman–Crippen LogP) is 3.74. The molecule has 76 valence electrons. The molecule has 0 aliphatic heterocycles. The zero-order valence-corrected chi connectivity index (χ0v) is 10.6. The van der Waals surface area contributed by atoms with Crippen molar-refractivity contribution in [3.05, 3.63) is 54.6 Å². The molecule has 0 saturated carbocycles. The van der Waals surface area contributed by atoms with E-state index >= 15 is 0 Å². The van der Waals surface area contributed by atoms with E-state index in [9.17, 15) is 0 Å². The minimum atomic E-state index is 1.16. The molecule has 2 atom stereocenters. The molecule has 0 heterocycles. The Morgan fingerprint density at radius 2 is 1.20 bits per heavy atom. The molecule has 0 radical (unpaired) electrons. The Morgan fingerprint density at radius 1 is 0.667 bits per heavy atom. The summed E-state index contributed by atoms with van der Waals surface area (Å²) in [5.41, 5.74) is 3.66. The summed E-state index contributed by atoms with van der Waals surface area (Å²) >= 11 is 0.